The molecule has 118 valence electrons. The fourth-order valence-electron chi connectivity index (χ4n) is 2.32. The van der Waals surface area contributed by atoms with Crippen molar-refractivity contribution < 1.29 is 13.2 Å². The maximum absolute atomic E-state index is 12.7. The lowest BCUT2D eigenvalue weighted by Gasteiger charge is -2.26. The summed E-state index contributed by atoms with van der Waals surface area (Å²) in [4.78, 5) is 11.0. The molecule has 0 aromatic carbocycles. The molecule has 0 bridgehead atoms. The number of carbonyl (C=O) groups excluding carboxylic acids is 1. The van der Waals surface area contributed by atoms with Crippen molar-refractivity contribution in [1.82, 2.24) is 14.5 Å². The molecule has 0 aliphatic carbocycles. The summed E-state index contributed by atoms with van der Waals surface area (Å²) in [5, 5.41) is 10.0. The maximum Gasteiger partial charge on any atom is 0.272 e. The zero-order valence-corrected chi connectivity index (χ0v) is 13.4. The van der Waals surface area contributed by atoms with Crippen LogP contribution >= 0.6 is 11.3 Å². The maximum atomic E-state index is 12.7. The molecule has 3 N–H and O–H groups in total. The molecule has 2 heterocycles. The molecule has 1 unspecified atom stereocenters. The molecule has 1 fully saturated rings. The summed E-state index contributed by atoms with van der Waals surface area (Å²) < 4.78 is 26.7. The fourth-order valence-corrected chi connectivity index (χ4v) is 5.08. The van der Waals surface area contributed by atoms with Crippen LogP contribution < -0.4 is 11.1 Å². The highest BCUT2D eigenvalue weighted by molar-refractivity contribution is 7.91. The van der Waals surface area contributed by atoms with E-state index in [1.165, 1.54) is 11.2 Å². The van der Waals surface area contributed by atoms with Gasteiger partial charge in [-0.25, -0.2) is 8.42 Å². The minimum absolute atomic E-state index is 0.105. The van der Waals surface area contributed by atoms with Crippen LogP contribution in [0.4, 0.5) is 5.13 Å². The molecular weight excluding hydrogens is 314 g/mol. The van der Waals surface area contributed by atoms with Gasteiger partial charge in [0.15, 0.2) is 0 Å². The Morgan fingerprint density at radius 1 is 1.43 bits per heavy atom. The van der Waals surface area contributed by atoms with Crippen LogP contribution in [0.2, 0.25) is 0 Å². The summed E-state index contributed by atoms with van der Waals surface area (Å²) in [7, 11) is -3.71. The van der Waals surface area contributed by atoms with Crippen LogP contribution in [-0.2, 0) is 14.8 Å². The van der Waals surface area contributed by atoms with E-state index >= 15 is 0 Å². The van der Waals surface area contributed by atoms with Crippen LogP contribution in [0.3, 0.4) is 0 Å². The van der Waals surface area contributed by atoms with Gasteiger partial charge in [-0.05, 0) is 12.8 Å². The Labute approximate surface area is 127 Å². The van der Waals surface area contributed by atoms with Gasteiger partial charge in [0.05, 0.1) is 0 Å². The third-order valence-corrected chi connectivity index (χ3v) is 6.45. The standard InChI is InChI=1S/C11H19N5O3S2/c1-8(17)13-10-14-15-11(20-10)21(18,19)16-6-4-2-3-5-9(16)7-12/h9H,2-7,12H2,1H3,(H,13,14,17). The van der Waals surface area contributed by atoms with E-state index in [2.05, 4.69) is 15.5 Å². The van der Waals surface area contributed by atoms with Crippen molar-refractivity contribution in [3.63, 3.8) is 0 Å². The summed E-state index contributed by atoms with van der Waals surface area (Å²) in [6.07, 6.45) is 3.54. The van der Waals surface area contributed by atoms with E-state index in [0.717, 1.165) is 37.0 Å². The van der Waals surface area contributed by atoms with E-state index in [0.29, 0.717) is 6.54 Å². The van der Waals surface area contributed by atoms with Crippen molar-refractivity contribution in [2.75, 3.05) is 18.4 Å². The van der Waals surface area contributed by atoms with E-state index in [4.69, 9.17) is 5.73 Å². The molecule has 8 nitrogen and oxygen atoms in total. The van der Waals surface area contributed by atoms with Crippen molar-refractivity contribution in [1.29, 1.82) is 0 Å². The first-order valence-corrected chi connectivity index (χ1v) is 9.04. The molecule has 1 aromatic rings. The average Bonchev–Trinajstić information content (AvgIpc) is 2.74. The van der Waals surface area contributed by atoms with Crippen LogP contribution in [0, 0.1) is 0 Å². The SMILES string of the molecule is CC(=O)Nc1nnc(S(=O)(=O)N2CCCCCC2CN)s1. The van der Waals surface area contributed by atoms with Gasteiger partial charge in [0.25, 0.3) is 10.0 Å². The normalized spacial score (nSPS) is 21.0. The lowest BCUT2D eigenvalue weighted by Crippen LogP contribution is -2.44. The highest BCUT2D eigenvalue weighted by atomic mass is 32.2. The number of aromatic nitrogens is 2. The van der Waals surface area contributed by atoms with Crippen LogP contribution in [-0.4, -0.2) is 48.0 Å². The Bertz CT molecular complexity index is 601. The first-order chi connectivity index (χ1) is 9.95. The summed E-state index contributed by atoms with van der Waals surface area (Å²) in [6, 6.07) is -0.203. The summed E-state index contributed by atoms with van der Waals surface area (Å²) in [6.45, 7) is 2.06. The number of rotatable bonds is 4. The second-order valence-electron chi connectivity index (χ2n) is 4.91. The van der Waals surface area contributed by atoms with Crippen molar-refractivity contribution in [2.24, 2.45) is 5.73 Å². The predicted molar refractivity (Wildman–Crippen MR) is 79.4 cm³/mol. The molecule has 1 aromatic heterocycles. The minimum Gasteiger partial charge on any atom is -0.329 e. The number of amides is 1. The first-order valence-electron chi connectivity index (χ1n) is 6.78. The lowest BCUT2D eigenvalue weighted by atomic mass is 10.1. The molecule has 21 heavy (non-hydrogen) atoms. The number of carbonyl (C=O) groups is 1. The Kier molecular flexibility index (Phi) is 5.25. The monoisotopic (exact) mass is 333 g/mol. The number of hydrogen-bond donors (Lipinski definition) is 2. The van der Waals surface area contributed by atoms with E-state index in [1.54, 1.807) is 0 Å². The Hall–Kier alpha value is -1.10. The summed E-state index contributed by atoms with van der Waals surface area (Å²) in [5.41, 5.74) is 5.71. The lowest BCUT2D eigenvalue weighted by molar-refractivity contribution is -0.114. The first kappa shape index (κ1) is 16.3. The molecule has 2 rings (SSSR count). The number of nitrogens with one attached hydrogen (secondary N) is 1. The van der Waals surface area contributed by atoms with Crippen molar-refractivity contribution in [3.05, 3.63) is 0 Å². The molecule has 1 aliphatic rings. The Morgan fingerprint density at radius 2 is 2.19 bits per heavy atom. The van der Waals surface area contributed by atoms with Gasteiger partial charge in [0.1, 0.15) is 0 Å². The Balaban J connectivity index is 2.26. The fraction of sp³-hybridized carbons (Fsp3) is 0.727. The van der Waals surface area contributed by atoms with Gasteiger partial charge in [0, 0.05) is 26.1 Å². The molecule has 1 aliphatic heterocycles. The second kappa shape index (κ2) is 6.77. The smallest absolute Gasteiger partial charge is 0.272 e. The number of nitrogens with two attached hydrogens (primary N) is 1. The van der Waals surface area contributed by atoms with E-state index in [1.807, 2.05) is 0 Å². The Morgan fingerprint density at radius 3 is 2.86 bits per heavy atom. The average molecular weight is 333 g/mol. The third kappa shape index (κ3) is 3.76. The van der Waals surface area contributed by atoms with Crippen LogP contribution in [0.5, 0.6) is 0 Å². The van der Waals surface area contributed by atoms with E-state index < -0.39 is 10.0 Å². The molecule has 1 saturated heterocycles. The molecule has 0 spiro atoms. The zero-order chi connectivity index (χ0) is 15.5. The summed E-state index contributed by atoms with van der Waals surface area (Å²) in [5.74, 6) is -0.315. The highest BCUT2D eigenvalue weighted by Gasteiger charge is 2.34. The largest absolute Gasteiger partial charge is 0.329 e. The molecule has 1 atom stereocenters. The van der Waals surface area contributed by atoms with E-state index in [-0.39, 0.29) is 28.0 Å². The molecule has 1 amide bonds. The van der Waals surface area contributed by atoms with Crippen molar-refractivity contribution in [3.8, 4) is 0 Å². The summed E-state index contributed by atoms with van der Waals surface area (Å²) >= 11 is 0.857. The number of sulfonamides is 1. The van der Waals surface area contributed by atoms with Gasteiger partial charge in [0.2, 0.25) is 15.4 Å². The van der Waals surface area contributed by atoms with Gasteiger partial charge >= 0.3 is 0 Å². The minimum atomic E-state index is -3.71. The van der Waals surface area contributed by atoms with Crippen molar-refractivity contribution >= 4 is 32.4 Å². The van der Waals surface area contributed by atoms with Gasteiger partial charge < -0.3 is 11.1 Å². The second-order valence-corrected chi connectivity index (χ2v) is 7.95. The topological polar surface area (TPSA) is 118 Å². The third-order valence-electron chi connectivity index (χ3n) is 3.31. The molecule has 0 radical (unpaired) electrons. The quantitative estimate of drug-likeness (QED) is 0.769. The van der Waals surface area contributed by atoms with Crippen molar-refractivity contribution in [2.45, 2.75) is 43.0 Å². The van der Waals surface area contributed by atoms with E-state index in [9.17, 15) is 13.2 Å². The molecular formula is C11H19N5O3S2. The van der Waals surface area contributed by atoms with Crippen LogP contribution in [0.1, 0.15) is 32.6 Å². The number of hydrogen-bond acceptors (Lipinski definition) is 7. The molecule has 10 heteroatoms. The van der Waals surface area contributed by atoms with Gasteiger partial charge in [-0.15, -0.1) is 10.2 Å². The zero-order valence-electron chi connectivity index (χ0n) is 11.8. The predicted octanol–water partition coefficient (Wildman–Crippen LogP) is 0.388. The van der Waals surface area contributed by atoms with Gasteiger partial charge in [-0.2, -0.15) is 4.31 Å². The number of nitrogens with zero attached hydrogens (tertiary/aromatic N) is 3. The van der Waals surface area contributed by atoms with Crippen LogP contribution in [0.25, 0.3) is 0 Å². The number of anilines is 1. The molecule has 0 saturated carbocycles. The van der Waals surface area contributed by atoms with Crippen LogP contribution in [0.15, 0.2) is 4.34 Å². The highest BCUT2D eigenvalue weighted by Crippen LogP contribution is 2.27. The van der Waals surface area contributed by atoms with Gasteiger partial charge in [-0.3, -0.25) is 4.79 Å². The van der Waals surface area contributed by atoms with Gasteiger partial charge in [-0.1, -0.05) is 24.2 Å².